The van der Waals surface area contributed by atoms with E-state index in [1.807, 2.05) is 0 Å². The standard InChI is InChI=1S/C7H12N2O3/c1-6(10)9-4-3-8(5-12-2)7(9)11/h3-5H2,1-2H3. The maximum absolute atomic E-state index is 11.3. The van der Waals surface area contributed by atoms with Crippen LogP contribution < -0.4 is 0 Å². The summed E-state index contributed by atoms with van der Waals surface area (Å²) in [6.07, 6.45) is 0. The molecule has 12 heavy (non-hydrogen) atoms. The van der Waals surface area contributed by atoms with Crippen LogP contribution in [0.1, 0.15) is 6.92 Å². The van der Waals surface area contributed by atoms with Crippen molar-refractivity contribution in [1.82, 2.24) is 9.80 Å². The summed E-state index contributed by atoms with van der Waals surface area (Å²) in [5, 5.41) is 0. The Balaban J connectivity index is 2.55. The van der Waals surface area contributed by atoms with Crippen LogP contribution in [0, 0.1) is 0 Å². The van der Waals surface area contributed by atoms with E-state index in [-0.39, 0.29) is 18.7 Å². The molecule has 0 radical (unpaired) electrons. The number of carbonyl (C=O) groups excluding carboxylic acids is 2. The Hall–Kier alpha value is -1.10. The first-order valence-electron chi connectivity index (χ1n) is 3.72. The summed E-state index contributed by atoms with van der Waals surface area (Å²) in [6.45, 7) is 2.67. The molecule has 1 aliphatic rings. The van der Waals surface area contributed by atoms with Crippen LogP contribution in [-0.2, 0) is 9.53 Å². The molecule has 68 valence electrons. The maximum atomic E-state index is 11.3. The Kier molecular flexibility index (Phi) is 2.65. The van der Waals surface area contributed by atoms with Gasteiger partial charge < -0.3 is 4.74 Å². The molecule has 0 N–H and O–H groups in total. The zero-order valence-electron chi connectivity index (χ0n) is 7.24. The summed E-state index contributed by atoms with van der Waals surface area (Å²) in [7, 11) is 1.52. The second kappa shape index (κ2) is 3.53. The van der Waals surface area contributed by atoms with Gasteiger partial charge in [-0.1, -0.05) is 0 Å². The molecule has 0 bridgehead atoms. The van der Waals surface area contributed by atoms with Crippen molar-refractivity contribution < 1.29 is 14.3 Å². The molecule has 1 fully saturated rings. The number of ether oxygens (including phenoxy) is 1. The monoisotopic (exact) mass is 172 g/mol. The predicted octanol–water partition coefficient (Wildman–Crippen LogP) is -0.126. The van der Waals surface area contributed by atoms with Gasteiger partial charge in [-0.05, 0) is 0 Å². The summed E-state index contributed by atoms with van der Waals surface area (Å²) in [6, 6.07) is -0.260. The van der Waals surface area contributed by atoms with Crippen LogP contribution in [0.5, 0.6) is 0 Å². The molecule has 1 saturated heterocycles. The smallest absolute Gasteiger partial charge is 0.328 e. The Morgan fingerprint density at radius 1 is 1.58 bits per heavy atom. The van der Waals surface area contributed by atoms with Crippen LogP contribution in [0.3, 0.4) is 0 Å². The van der Waals surface area contributed by atoms with Gasteiger partial charge in [-0.25, -0.2) is 4.79 Å². The Morgan fingerprint density at radius 2 is 2.25 bits per heavy atom. The summed E-state index contributed by atoms with van der Waals surface area (Å²) >= 11 is 0. The van der Waals surface area contributed by atoms with Gasteiger partial charge in [0.05, 0.1) is 0 Å². The molecule has 0 saturated carbocycles. The molecule has 3 amide bonds. The van der Waals surface area contributed by atoms with Gasteiger partial charge in [-0.15, -0.1) is 0 Å². The van der Waals surface area contributed by atoms with E-state index in [9.17, 15) is 9.59 Å². The summed E-state index contributed by atoms with van der Waals surface area (Å²) in [4.78, 5) is 24.8. The number of rotatable bonds is 2. The highest BCUT2D eigenvalue weighted by molar-refractivity contribution is 5.94. The van der Waals surface area contributed by atoms with Gasteiger partial charge in [0.2, 0.25) is 5.91 Å². The third-order valence-electron chi connectivity index (χ3n) is 1.76. The van der Waals surface area contributed by atoms with Crippen molar-refractivity contribution in [3.8, 4) is 0 Å². The van der Waals surface area contributed by atoms with E-state index >= 15 is 0 Å². The van der Waals surface area contributed by atoms with E-state index < -0.39 is 0 Å². The van der Waals surface area contributed by atoms with Crippen molar-refractivity contribution in [3.05, 3.63) is 0 Å². The van der Waals surface area contributed by atoms with E-state index in [1.165, 1.54) is 23.8 Å². The zero-order valence-corrected chi connectivity index (χ0v) is 7.24. The molecule has 1 aliphatic heterocycles. The maximum Gasteiger partial charge on any atom is 0.328 e. The number of carbonyl (C=O) groups is 2. The molecule has 1 rings (SSSR count). The molecule has 0 spiro atoms. The van der Waals surface area contributed by atoms with Crippen molar-refractivity contribution in [2.45, 2.75) is 6.92 Å². The summed E-state index contributed by atoms with van der Waals surface area (Å²) < 4.78 is 4.79. The van der Waals surface area contributed by atoms with E-state index in [2.05, 4.69) is 0 Å². The van der Waals surface area contributed by atoms with E-state index in [0.717, 1.165) is 0 Å². The first-order valence-corrected chi connectivity index (χ1v) is 3.72. The molecule has 0 aromatic heterocycles. The lowest BCUT2D eigenvalue weighted by Gasteiger charge is -2.14. The lowest BCUT2D eigenvalue weighted by atomic mass is 10.5. The van der Waals surface area contributed by atoms with E-state index in [1.54, 1.807) is 0 Å². The van der Waals surface area contributed by atoms with Crippen LogP contribution in [-0.4, -0.2) is 48.7 Å². The molecule has 5 heteroatoms. The average Bonchev–Trinajstić information content (AvgIpc) is 2.34. The number of hydrogen-bond acceptors (Lipinski definition) is 3. The predicted molar refractivity (Wildman–Crippen MR) is 41.4 cm³/mol. The minimum atomic E-state index is -0.260. The summed E-state index contributed by atoms with van der Waals surface area (Å²) in [5.41, 5.74) is 0. The van der Waals surface area contributed by atoms with Crippen LogP contribution in [0.15, 0.2) is 0 Å². The minimum absolute atomic E-state index is 0.210. The molecule has 0 aliphatic carbocycles. The highest BCUT2D eigenvalue weighted by atomic mass is 16.5. The molecular formula is C7H12N2O3. The van der Waals surface area contributed by atoms with Crippen molar-refractivity contribution in [3.63, 3.8) is 0 Å². The van der Waals surface area contributed by atoms with Gasteiger partial charge in [0.25, 0.3) is 0 Å². The van der Waals surface area contributed by atoms with Crippen LogP contribution in [0.4, 0.5) is 4.79 Å². The fourth-order valence-electron chi connectivity index (χ4n) is 1.15. The van der Waals surface area contributed by atoms with Gasteiger partial charge in [-0.2, -0.15) is 0 Å². The molecule has 0 atom stereocenters. The van der Waals surface area contributed by atoms with E-state index in [4.69, 9.17) is 4.74 Å². The fraction of sp³-hybridized carbons (Fsp3) is 0.714. The fourth-order valence-corrected chi connectivity index (χ4v) is 1.15. The largest absolute Gasteiger partial charge is 0.364 e. The van der Waals surface area contributed by atoms with E-state index in [0.29, 0.717) is 13.1 Å². The first-order chi connectivity index (χ1) is 5.66. The van der Waals surface area contributed by atoms with Gasteiger partial charge in [0.1, 0.15) is 6.73 Å². The number of methoxy groups -OCH3 is 1. The van der Waals surface area contributed by atoms with Crippen molar-refractivity contribution >= 4 is 11.9 Å². The lowest BCUT2D eigenvalue weighted by molar-refractivity contribution is -0.125. The van der Waals surface area contributed by atoms with Gasteiger partial charge in [0, 0.05) is 27.1 Å². The topological polar surface area (TPSA) is 49.9 Å². The molecule has 0 unspecified atom stereocenters. The number of amides is 3. The van der Waals surface area contributed by atoms with Crippen LogP contribution >= 0.6 is 0 Å². The van der Waals surface area contributed by atoms with Gasteiger partial charge in [0.15, 0.2) is 0 Å². The quantitative estimate of drug-likeness (QED) is 0.583. The summed E-state index contributed by atoms with van der Waals surface area (Å²) in [5.74, 6) is -0.210. The SMILES string of the molecule is COCN1CCN(C(C)=O)C1=O. The number of imide groups is 1. The average molecular weight is 172 g/mol. The second-order valence-corrected chi connectivity index (χ2v) is 2.63. The number of urea groups is 1. The number of hydrogen-bond donors (Lipinski definition) is 0. The third-order valence-corrected chi connectivity index (χ3v) is 1.76. The Labute approximate surface area is 70.9 Å². The highest BCUT2D eigenvalue weighted by Crippen LogP contribution is 2.07. The van der Waals surface area contributed by atoms with Crippen molar-refractivity contribution in [2.75, 3.05) is 26.9 Å². The zero-order chi connectivity index (χ0) is 9.14. The van der Waals surface area contributed by atoms with Crippen molar-refractivity contribution in [2.24, 2.45) is 0 Å². The second-order valence-electron chi connectivity index (χ2n) is 2.63. The van der Waals surface area contributed by atoms with Gasteiger partial charge in [-0.3, -0.25) is 14.6 Å². The van der Waals surface area contributed by atoms with Crippen molar-refractivity contribution in [1.29, 1.82) is 0 Å². The van der Waals surface area contributed by atoms with Crippen LogP contribution in [0.2, 0.25) is 0 Å². The van der Waals surface area contributed by atoms with Gasteiger partial charge >= 0.3 is 6.03 Å². The molecule has 0 aromatic carbocycles. The molecule has 5 nitrogen and oxygen atoms in total. The molecule has 1 heterocycles. The Morgan fingerprint density at radius 3 is 2.67 bits per heavy atom. The highest BCUT2D eigenvalue weighted by Gasteiger charge is 2.30. The minimum Gasteiger partial charge on any atom is -0.364 e. The third kappa shape index (κ3) is 1.55. The Bertz CT molecular complexity index is 205. The number of nitrogens with zero attached hydrogens (tertiary/aromatic N) is 2. The lowest BCUT2D eigenvalue weighted by Crippen LogP contribution is -2.35. The first kappa shape index (κ1) is 8.99. The molecular weight excluding hydrogens is 160 g/mol. The van der Waals surface area contributed by atoms with Crippen LogP contribution in [0.25, 0.3) is 0 Å². The molecule has 0 aromatic rings. The normalized spacial score (nSPS) is 17.3.